The molecule has 0 saturated carbocycles. The van der Waals surface area contributed by atoms with E-state index < -0.39 is 0 Å². The molecule has 0 aromatic carbocycles. The molecular weight excluding hydrogens is 262 g/mol. The second kappa shape index (κ2) is 8.25. The highest BCUT2D eigenvalue weighted by Gasteiger charge is 2.22. The zero-order valence-corrected chi connectivity index (χ0v) is 13.2. The quantitative estimate of drug-likeness (QED) is 0.908. The summed E-state index contributed by atoms with van der Waals surface area (Å²) < 4.78 is 0. The molecule has 2 aliphatic heterocycles. The Kier molecular flexibility index (Phi) is 6.33. The van der Waals surface area contributed by atoms with E-state index >= 15 is 0 Å². The number of Topliss-reactive ketones (excluding diaryl/α,β-unsaturated/α-hetero) is 1. The van der Waals surface area contributed by atoms with Gasteiger partial charge in [-0.3, -0.25) is 14.7 Å². The summed E-state index contributed by atoms with van der Waals surface area (Å²) >= 11 is 0. The lowest BCUT2D eigenvalue weighted by Gasteiger charge is -2.19. The maximum atomic E-state index is 10.8. The minimum absolute atomic E-state index is 0.304. The van der Waals surface area contributed by atoms with Gasteiger partial charge in [-0.1, -0.05) is 6.07 Å². The van der Waals surface area contributed by atoms with Crippen molar-refractivity contribution in [3.05, 3.63) is 30.1 Å². The first-order valence-corrected chi connectivity index (χ1v) is 8.00. The number of ketones is 1. The van der Waals surface area contributed by atoms with Crippen LogP contribution < -0.4 is 5.32 Å². The molecule has 4 nitrogen and oxygen atoms in total. The molecule has 116 valence electrons. The summed E-state index contributed by atoms with van der Waals surface area (Å²) in [6.07, 6.45) is 8.65. The molecule has 0 amide bonds. The third kappa shape index (κ3) is 4.90. The molecule has 1 N–H and O–H groups in total. The highest BCUT2D eigenvalue weighted by Crippen LogP contribution is 2.29. The van der Waals surface area contributed by atoms with Gasteiger partial charge in [-0.25, -0.2) is 0 Å². The van der Waals surface area contributed by atoms with E-state index in [1.807, 2.05) is 18.5 Å². The van der Waals surface area contributed by atoms with Gasteiger partial charge in [-0.05, 0) is 64.4 Å². The average molecular weight is 289 g/mol. The monoisotopic (exact) mass is 289 g/mol. The molecule has 2 saturated heterocycles. The van der Waals surface area contributed by atoms with Crippen molar-refractivity contribution in [2.75, 3.05) is 26.7 Å². The first-order valence-electron chi connectivity index (χ1n) is 8.00. The molecule has 1 aromatic rings. The largest absolute Gasteiger partial charge is 0.316 e. The Morgan fingerprint density at radius 1 is 1.38 bits per heavy atom. The number of hydrogen-bond acceptors (Lipinski definition) is 4. The van der Waals surface area contributed by atoms with Gasteiger partial charge in [-0.2, -0.15) is 0 Å². The van der Waals surface area contributed by atoms with Crippen LogP contribution in [0.25, 0.3) is 0 Å². The smallest absolute Gasteiger partial charge is 0.134 e. The number of pyridine rings is 1. The molecule has 0 spiro atoms. The van der Waals surface area contributed by atoms with E-state index in [0.29, 0.717) is 17.7 Å². The minimum Gasteiger partial charge on any atom is -0.316 e. The summed E-state index contributed by atoms with van der Waals surface area (Å²) in [5.41, 5.74) is 1.36. The van der Waals surface area contributed by atoms with E-state index in [1.54, 1.807) is 6.92 Å². The van der Waals surface area contributed by atoms with E-state index in [9.17, 15) is 4.79 Å². The van der Waals surface area contributed by atoms with Crippen LogP contribution >= 0.6 is 0 Å². The van der Waals surface area contributed by atoms with Crippen molar-refractivity contribution >= 4 is 5.78 Å². The van der Waals surface area contributed by atoms with E-state index in [4.69, 9.17) is 0 Å². The van der Waals surface area contributed by atoms with Gasteiger partial charge in [0.25, 0.3) is 0 Å². The van der Waals surface area contributed by atoms with Crippen molar-refractivity contribution in [1.82, 2.24) is 15.2 Å². The van der Waals surface area contributed by atoms with Crippen LogP contribution in [0.15, 0.2) is 24.5 Å². The summed E-state index contributed by atoms with van der Waals surface area (Å²) in [5, 5.41) is 3.20. The molecule has 2 fully saturated rings. The maximum Gasteiger partial charge on any atom is 0.134 e. The molecule has 0 aliphatic carbocycles. The third-order valence-corrected chi connectivity index (χ3v) is 4.46. The summed E-state index contributed by atoms with van der Waals surface area (Å²) in [6.45, 7) is 4.89. The number of nitrogens with zero attached hydrogens (tertiary/aromatic N) is 2. The molecular formula is C17H27N3O. The van der Waals surface area contributed by atoms with Crippen LogP contribution in [-0.2, 0) is 4.79 Å². The fourth-order valence-electron chi connectivity index (χ4n) is 3.10. The second-order valence-corrected chi connectivity index (χ2v) is 6.08. The number of likely N-dealkylation sites (tertiary alicyclic amines) is 1. The van der Waals surface area contributed by atoms with Crippen molar-refractivity contribution in [2.24, 2.45) is 5.92 Å². The number of nitrogens with one attached hydrogen (secondary N) is 1. The van der Waals surface area contributed by atoms with Crippen LogP contribution in [0.4, 0.5) is 0 Å². The summed E-state index contributed by atoms with van der Waals surface area (Å²) in [5.74, 6) is 0.640. The standard InChI is InChI=1S/C10H14N2.C7H13NO/c1-12-7-3-5-10(12)9-4-2-6-11-8-9;1-6(9)7-3-2-4-8-5-7/h2,4,6,8,10H,3,5,7H2,1H3;7-8H,2-5H2,1H3. The average Bonchev–Trinajstić information content (AvgIpc) is 2.96. The van der Waals surface area contributed by atoms with Crippen LogP contribution in [0.5, 0.6) is 0 Å². The molecule has 4 heteroatoms. The number of aromatic nitrogens is 1. The minimum atomic E-state index is 0.304. The van der Waals surface area contributed by atoms with Crippen LogP contribution in [0, 0.1) is 5.92 Å². The van der Waals surface area contributed by atoms with Crippen molar-refractivity contribution in [1.29, 1.82) is 0 Å². The number of rotatable bonds is 2. The van der Waals surface area contributed by atoms with E-state index in [1.165, 1.54) is 24.9 Å². The van der Waals surface area contributed by atoms with Crippen LogP contribution in [0.2, 0.25) is 0 Å². The third-order valence-electron chi connectivity index (χ3n) is 4.46. The van der Waals surface area contributed by atoms with Gasteiger partial charge in [0, 0.05) is 30.9 Å². The van der Waals surface area contributed by atoms with Crippen molar-refractivity contribution < 1.29 is 4.79 Å². The lowest BCUT2D eigenvalue weighted by molar-refractivity contribution is -0.121. The first kappa shape index (κ1) is 16.1. The SMILES string of the molecule is CC(=O)C1CCCNC1.CN1CCCC1c1cccnc1. The normalized spacial score (nSPS) is 26.0. The number of hydrogen-bond donors (Lipinski definition) is 1. The number of piperidine rings is 1. The van der Waals surface area contributed by atoms with Crippen molar-refractivity contribution in [2.45, 2.75) is 38.6 Å². The second-order valence-electron chi connectivity index (χ2n) is 6.08. The highest BCUT2D eigenvalue weighted by molar-refractivity contribution is 5.78. The fourth-order valence-corrected chi connectivity index (χ4v) is 3.10. The topological polar surface area (TPSA) is 45.2 Å². The first-order chi connectivity index (χ1) is 10.2. The van der Waals surface area contributed by atoms with Gasteiger partial charge in [-0.15, -0.1) is 0 Å². The lowest BCUT2D eigenvalue weighted by atomic mass is 9.96. The summed E-state index contributed by atoms with van der Waals surface area (Å²) in [6, 6.07) is 4.79. The Labute approximate surface area is 127 Å². The highest BCUT2D eigenvalue weighted by atomic mass is 16.1. The van der Waals surface area contributed by atoms with Gasteiger partial charge in [0.2, 0.25) is 0 Å². The van der Waals surface area contributed by atoms with Crippen LogP contribution in [0.1, 0.15) is 44.2 Å². The molecule has 2 aliphatic rings. The van der Waals surface area contributed by atoms with E-state index in [-0.39, 0.29) is 0 Å². The molecule has 2 atom stereocenters. The van der Waals surface area contributed by atoms with Crippen LogP contribution in [-0.4, -0.2) is 42.3 Å². The van der Waals surface area contributed by atoms with Crippen molar-refractivity contribution in [3.8, 4) is 0 Å². The predicted molar refractivity (Wildman–Crippen MR) is 85.1 cm³/mol. The number of carbonyl (C=O) groups is 1. The van der Waals surface area contributed by atoms with Gasteiger partial charge >= 0.3 is 0 Å². The molecule has 0 radical (unpaired) electrons. The Bertz CT molecular complexity index is 429. The van der Waals surface area contributed by atoms with Crippen LogP contribution in [0.3, 0.4) is 0 Å². The predicted octanol–water partition coefficient (Wildman–Crippen LogP) is 2.42. The Morgan fingerprint density at radius 3 is 2.71 bits per heavy atom. The molecule has 1 aromatic heterocycles. The van der Waals surface area contributed by atoms with Crippen molar-refractivity contribution in [3.63, 3.8) is 0 Å². The zero-order chi connectivity index (χ0) is 15.1. The van der Waals surface area contributed by atoms with Gasteiger partial charge in [0.1, 0.15) is 5.78 Å². The molecule has 3 heterocycles. The fraction of sp³-hybridized carbons (Fsp3) is 0.647. The summed E-state index contributed by atoms with van der Waals surface area (Å²) in [7, 11) is 2.19. The van der Waals surface area contributed by atoms with E-state index in [2.05, 4.69) is 28.3 Å². The lowest BCUT2D eigenvalue weighted by Crippen LogP contribution is -2.33. The summed E-state index contributed by atoms with van der Waals surface area (Å²) in [4.78, 5) is 17.3. The Balaban J connectivity index is 0.000000161. The van der Waals surface area contributed by atoms with Gasteiger partial charge in [0.15, 0.2) is 0 Å². The Hall–Kier alpha value is -1.26. The molecule has 0 bridgehead atoms. The van der Waals surface area contributed by atoms with Gasteiger partial charge < -0.3 is 5.32 Å². The number of carbonyl (C=O) groups excluding carboxylic acids is 1. The maximum absolute atomic E-state index is 10.8. The molecule has 21 heavy (non-hydrogen) atoms. The van der Waals surface area contributed by atoms with E-state index in [0.717, 1.165) is 25.9 Å². The zero-order valence-electron chi connectivity index (χ0n) is 13.2. The molecule has 3 rings (SSSR count). The Morgan fingerprint density at radius 2 is 2.24 bits per heavy atom. The molecule has 2 unspecified atom stereocenters. The van der Waals surface area contributed by atoms with Gasteiger partial charge in [0.05, 0.1) is 0 Å².